The van der Waals surface area contributed by atoms with Crippen LogP contribution in [-0.4, -0.2) is 30.3 Å². The summed E-state index contributed by atoms with van der Waals surface area (Å²) in [4.78, 5) is 3.78. The van der Waals surface area contributed by atoms with E-state index < -0.39 is 0 Å². The lowest BCUT2D eigenvalue weighted by molar-refractivity contribution is 0.170. The van der Waals surface area contributed by atoms with Crippen molar-refractivity contribution in [3.8, 4) is 0 Å². The number of benzene rings is 1. The van der Waals surface area contributed by atoms with Crippen LogP contribution >= 0.6 is 11.8 Å². The lowest BCUT2D eigenvalue weighted by atomic mass is 9.89. The molecule has 2 atom stereocenters. The quantitative estimate of drug-likeness (QED) is 0.798. The maximum atomic E-state index is 13.4. The number of nitrogens with zero attached hydrogens (tertiary/aromatic N) is 1. The van der Waals surface area contributed by atoms with Crippen LogP contribution in [0.2, 0.25) is 0 Å². The van der Waals surface area contributed by atoms with Gasteiger partial charge >= 0.3 is 0 Å². The zero-order valence-electron chi connectivity index (χ0n) is 10.9. The van der Waals surface area contributed by atoms with Crippen LogP contribution in [0.15, 0.2) is 23.1 Å². The third-order valence-corrected chi connectivity index (χ3v) is 5.58. The Morgan fingerprint density at radius 3 is 3.11 bits per heavy atom. The molecule has 0 amide bonds. The van der Waals surface area contributed by atoms with Gasteiger partial charge in [-0.05, 0) is 62.5 Å². The summed E-state index contributed by atoms with van der Waals surface area (Å²) in [5, 5.41) is 0. The number of hydrogen-bond donors (Lipinski definition) is 0. The number of halogens is 1. The van der Waals surface area contributed by atoms with Crippen LogP contribution in [-0.2, 0) is 0 Å². The SMILES string of the molecule is CN1CCCC[C@@H]1C[C@@H]1CSc2ccc(F)cc21. The van der Waals surface area contributed by atoms with Crippen molar-refractivity contribution in [1.82, 2.24) is 4.90 Å². The van der Waals surface area contributed by atoms with Crippen molar-refractivity contribution >= 4 is 11.8 Å². The van der Waals surface area contributed by atoms with E-state index in [9.17, 15) is 4.39 Å². The maximum Gasteiger partial charge on any atom is 0.123 e. The van der Waals surface area contributed by atoms with E-state index in [1.165, 1.54) is 42.7 Å². The predicted octanol–water partition coefficient (Wildman–Crippen LogP) is 3.89. The van der Waals surface area contributed by atoms with Crippen molar-refractivity contribution < 1.29 is 4.39 Å². The van der Waals surface area contributed by atoms with Crippen molar-refractivity contribution in [2.75, 3.05) is 19.3 Å². The van der Waals surface area contributed by atoms with E-state index >= 15 is 0 Å². The van der Waals surface area contributed by atoms with E-state index in [1.54, 1.807) is 12.1 Å². The van der Waals surface area contributed by atoms with E-state index in [0.29, 0.717) is 12.0 Å². The minimum atomic E-state index is -0.0850. The molecule has 1 aromatic carbocycles. The Labute approximate surface area is 113 Å². The monoisotopic (exact) mass is 265 g/mol. The van der Waals surface area contributed by atoms with Gasteiger partial charge in [0.25, 0.3) is 0 Å². The number of likely N-dealkylation sites (tertiary alicyclic amines) is 1. The molecule has 0 bridgehead atoms. The molecule has 98 valence electrons. The molecule has 0 spiro atoms. The van der Waals surface area contributed by atoms with E-state index in [1.807, 2.05) is 17.8 Å². The van der Waals surface area contributed by atoms with Crippen molar-refractivity contribution in [3.05, 3.63) is 29.6 Å². The molecule has 2 heterocycles. The fraction of sp³-hybridized carbons (Fsp3) is 0.600. The summed E-state index contributed by atoms with van der Waals surface area (Å²) in [7, 11) is 2.23. The second kappa shape index (κ2) is 5.22. The fourth-order valence-corrected chi connectivity index (χ4v) is 4.47. The molecule has 1 aromatic rings. The van der Waals surface area contributed by atoms with Crippen LogP contribution < -0.4 is 0 Å². The minimum Gasteiger partial charge on any atom is -0.303 e. The van der Waals surface area contributed by atoms with Crippen molar-refractivity contribution in [2.45, 2.75) is 42.5 Å². The van der Waals surface area contributed by atoms with Crippen LogP contribution in [0.3, 0.4) is 0 Å². The highest BCUT2D eigenvalue weighted by Crippen LogP contribution is 2.43. The molecule has 0 saturated carbocycles. The number of hydrogen-bond acceptors (Lipinski definition) is 2. The molecule has 0 N–H and O–H groups in total. The second-order valence-corrected chi connectivity index (χ2v) is 6.62. The summed E-state index contributed by atoms with van der Waals surface area (Å²) >= 11 is 1.89. The molecular formula is C15H20FNS. The first kappa shape index (κ1) is 12.5. The van der Waals surface area contributed by atoms with Gasteiger partial charge in [-0.3, -0.25) is 0 Å². The largest absolute Gasteiger partial charge is 0.303 e. The molecule has 1 fully saturated rings. The Morgan fingerprint density at radius 1 is 1.39 bits per heavy atom. The van der Waals surface area contributed by atoms with E-state index in [0.717, 1.165) is 5.75 Å². The summed E-state index contributed by atoms with van der Waals surface area (Å²) in [6.45, 7) is 1.22. The second-order valence-electron chi connectivity index (χ2n) is 5.56. The zero-order chi connectivity index (χ0) is 12.5. The molecule has 1 nitrogen and oxygen atoms in total. The summed E-state index contributed by atoms with van der Waals surface area (Å²) < 4.78 is 13.4. The summed E-state index contributed by atoms with van der Waals surface area (Å²) in [6, 6.07) is 5.97. The third-order valence-electron chi connectivity index (χ3n) is 4.33. The average molecular weight is 265 g/mol. The molecular weight excluding hydrogens is 245 g/mol. The molecule has 3 rings (SSSR count). The summed E-state index contributed by atoms with van der Waals surface area (Å²) in [5.74, 6) is 1.59. The highest BCUT2D eigenvalue weighted by Gasteiger charge is 2.28. The fourth-order valence-electron chi connectivity index (χ4n) is 3.22. The van der Waals surface area contributed by atoms with E-state index in [2.05, 4.69) is 11.9 Å². The van der Waals surface area contributed by atoms with Crippen LogP contribution in [0, 0.1) is 5.82 Å². The van der Waals surface area contributed by atoms with Gasteiger partial charge in [-0.2, -0.15) is 0 Å². The van der Waals surface area contributed by atoms with Gasteiger partial charge in [0.15, 0.2) is 0 Å². The van der Waals surface area contributed by atoms with Gasteiger partial charge < -0.3 is 4.90 Å². The van der Waals surface area contributed by atoms with Gasteiger partial charge in [0, 0.05) is 16.7 Å². The van der Waals surface area contributed by atoms with Crippen molar-refractivity contribution in [3.63, 3.8) is 0 Å². The standard InChI is InChI=1S/C15H20FNS/c1-17-7-3-2-4-13(17)8-11-10-18-15-6-5-12(16)9-14(11)15/h5-6,9,11,13H,2-4,7-8,10H2,1H3/t11-,13-/m1/s1. The van der Waals surface area contributed by atoms with Gasteiger partial charge in [-0.25, -0.2) is 4.39 Å². The molecule has 0 unspecified atom stereocenters. The Hall–Kier alpha value is -0.540. The molecule has 3 heteroatoms. The van der Waals surface area contributed by atoms with Crippen LogP contribution in [0.5, 0.6) is 0 Å². The number of piperidine rings is 1. The van der Waals surface area contributed by atoms with Crippen molar-refractivity contribution in [2.24, 2.45) is 0 Å². The average Bonchev–Trinajstić information content (AvgIpc) is 2.75. The number of rotatable bonds is 2. The normalized spacial score (nSPS) is 28.3. The molecule has 0 radical (unpaired) electrons. The minimum absolute atomic E-state index is 0.0850. The number of fused-ring (bicyclic) bond motifs is 1. The molecule has 0 aromatic heterocycles. The Morgan fingerprint density at radius 2 is 2.28 bits per heavy atom. The molecule has 2 aliphatic rings. The van der Waals surface area contributed by atoms with Gasteiger partial charge in [0.05, 0.1) is 0 Å². The van der Waals surface area contributed by atoms with E-state index in [-0.39, 0.29) is 5.82 Å². The topological polar surface area (TPSA) is 3.24 Å². The highest BCUT2D eigenvalue weighted by molar-refractivity contribution is 7.99. The van der Waals surface area contributed by atoms with Gasteiger partial charge in [-0.1, -0.05) is 6.42 Å². The lowest BCUT2D eigenvalue weighted by Gasteiger charge is -2.34. The predicted molar refractivity (Wildman–Crippen MR) is 74.8 cm³/mol. The number of thioether (sulfide) groups is 1. The van der Waals surface area contributed by atoms with E-state index in [4.69, 9.17) is 0 Å². The van der Waals surface area contributed by atoms with Crippen LogP contribution in [0.1, 0.15) is 37.2 Å². The Kier molecular flexibility index (Phi) is 3.62. The smallest absolute Gasteiger partial charge is 0.123 e. The Balaban J connectivity index is 1.74. The first-order valence-corrected chi connectivity index (χ1v) is 7.85. The van der Waals surface area contributed by atoms with Crippen LogP contribution in [0.25, 0.3) is 0 Å². The Bertz CT molecular complexity index is 435. The summed E-state index contributed by atoms with van der Waals surface area (Å²) in [5.41, 5.74) is 1.25. The first-order valence-electron chi connectivity index (χ1n) is 6.86. The van der Waals surface area contributed by atoms with Gasteiger partial charge in [0.1, 0.15) is 5.82 Å². The van der Waals surface area contributed by atoms with Crippen molar-refractivity contribution in [1.29, 1.82) is 0 Å². The molecule has 2 aliphatic heterocycles. The lowest BCUT2D eigenvalue weighted by Crippen LogP contribution is -2.37. The summed E-state index contributed by atoms with van der Waals surface area (Å²) in [6.07, 6.45) is 5.19. The molecule has 0 aliphatic carbocycles. The first-order chi connectivity index (χ1) is 8.74. The van der Waals surface area contributed by atoms with Crippen LogP contribution in [0.4, 0.5) is 4.39 Å². The van der Waals surface area contributed by atoms with Gasteiger partial charge in [0.2, 0.25) is 0 Å². The highest BCUT2D eigenvalue weighted by atomic mass is 32.2. The maximum absolute atomic E-state index is 13.4. The van der Waals surface area contributed by atoms with Gasteiger partial charge in [-0.15, -0.1) is 11.8 Å². The molecule has 18 heavy (non-hydrogen) atoms. The third kappa shape index (κ3) is 2.43. The molecule has 1 saturated heterocycles. The zero-order valence-corrected chi connectivity index (χ0v) is 11.7.